The van der Waals surface area contributed by atoms with Crippen LogP contribution in [0.2, 0.25) is 0 Å². The molecule has 0 aliphatic carbocycles. The van der Waals surface area contributed by atoms with Crippen LogP contribution in [0.3, 0.4) is 0 Å². The lowest BCUT2D eigenvalue weighted by Crippen LogP contribution is -2.38. The van der Waals surface area contributed by atoms with Crippen LogP contribution >= 0.6 is 12.4 Å². The third-order valence-electron chi connectivity index (χ3n) is 3.67. The average Bonchev–Trinajstić information content (AvgIpc) is 2.93. The molecule has 4 heteroatoms. The zero-order valence-corrected chi connectivity index (χ0v) is 12.3. The molecule has 1 aliphatic heterocycles. The van der Waals surface area contributed by atoms with Crippen molar-refractivity contribution in [1.82, 2.24) is 10.2 Å². The van der Waals surface area contributed by atoms with Gasteiger partial charge in [0.25, 0.3) is 0 Å². The summed E-state index contributed by atoms with van der Waals surface area (Å²) in [4.78, 5) is 13.9. The zero-order valence-electron chi connectivity index (χ0n) is 11.5. The number of likely N-dealkylation sites (N-methyl/N-ethyl adjacent to an activating group) is 1. The number of hydrogen-bond donors (Lipinski definition) is 1. The molecule has 1 N–H and O–H groups in total. The Hall–Kier alpha value is -1.06. The molecule has 1 atom stereocenters. The van der Waals surface area contributed by atoms with Crippen LogP contribution in [0.5, 0.6) is 0 Å². The molecule has 1 aromatic rings. The Morgan fingerprint density at radius 2 is 2.11 bits per heavy atom. The molecule has 106 valence electrons. The minimum atomic E-state index is 0. The smallest absolute Gasteiger partial charge is 0.222 e. The summed E-state index contributed by atoms with van der Waals surface area (Å²) >= 11 is 0. The van der Waals surface area contributed by atoms with Gasteiger partial charge in [-0.2, -0.15) is 0 Å². The lowest BCUT2D eigenvalue weighted by Gasteiger charge is -2.23. The molecule has 3 nitrogen and oxygen atoms in total. The van der Waals surface area contributed by atoms with Crippen molar-refractivity contribution in [2.24, 2.45) is 0 Å². The quantitative estimate of drug-likeness (QED) is 0.898. The fourth-order valence-electron chi connectivity index (χ4n) is 2.44. The Balaban J connectivity index is 0.00000180. The summed E-state index contributed by atoms with van der Waals surface area (Å²) in [7, 11) is 1.93. The maximum atomic E-state index is 12.0. The van der Waals surface area contributed by atoms with Crippen molar-refractivity contribution in [3.63, 3.8) is 0 Å². The summed E-state index contributed by atoms with van der Waals surface area (Å²) < 4.78 is 0. The van der Waals surface area contributed by atoms with Gasteiger partial charge in [-0.05, 0) is 31.4 Å². The Labute approximate surface area is 121 Å². The molecule has 1 aromatic carbocycles. The molecule has 0 saturated carbocycles. The fourth-order valence-corrected chi connectivity index (χ4v) is 2.44. The van der Waals surface area contributed by atoms with Crippen LogP contribution in [0.25, 0.3) is 0 Å². The van der Waals surface area contributed by atoms with Crippen LogP contribution in [0.1, 0.15) is 24.8 Å². The number of nitrogens with zero attached hydrogens (tertiary/aromatic N) is 1. The number of nitrogens with one attached hydrogen (secondary N) is 1. The maximum Gasteiger partial charge on any atom is 0.222 e. The number of rotatable bonds is 5. The van der Waals surface area contributed by atoms with Gasteiger partial charge in [0.2, 0.25) is 5.91 Å². The molecule has 2 rings (SSSR count). The van der Waals surface area contributed by atoms with Crippen LogP contribution in [-0.2, 0) is 11.2 Å². The Kier molecular flexibility index (Phi) is 6.89. The first-order chi connectivity index (χ1) is 8.77. The van der Waals surface area contributed by atoms with Gasteiger partial charge in [0, 0.05) is 26.1 Å². The first-order valence-corrected chi connectivity index (χ1v) is 6.77. The molecule has 0 aromatic heterocycles. The first kappa shape index (κ1) is 16.0. The highest BCUT2D eigenvalue weighted by atomic mass is 35.5. The normalized spacial score (nSPS) is 17.8. The van der Waals surface area contributed by atoms with E-state index in [4.69, 9.17) is 0 Å². The second kappa shape index (κ2) is 8.18. The van der Waals surface area contributed by atoms with Crippen molar-refractivity contribution in [1.29, 1.82) is 0 Å². The third kappa shape index (κ3) is 4.84. The van der Waals surface area contributed by atoms with E-state index in [1.165, 1.54) is 5.56 Å². The summed E-state index contributed by atoms with van der Waals surface area (Å²) in [6.45, 7) is 1.98. The highest BCUT2D eigenvalue weighted by Crippen LogP contribution is 2.10. The monoisotopic (exact) mass is 282 g/mol. The summed E-state index contributed by atoms with van der Waals surface area (Å²) in [5.74, 6) is 0.277. The number of hydrogen-bond acceptors (Lipinski definition) is 2. The average molecular weight is 283 g/mol. The maximum absolute atomic E-state index is 12.0. The molecule has 0 radical (unpaired) electrons. The topological polar surface area (TPSA) is 32.3 Å². The SMILES string of the molecule is CN(C(=O)CCCc1ccccc1)C1CCNC1.Cl. The van der Waals surface area contributed by atoms with Gasteiger partial charge in [-0.15, -0.1) is 12.4 Å². The molecule has 0 spiro atoms. The van der Waals surface area contributed by atoms with Gasteiger partial charge in [-0.25, -0.2) is 0 Å². The van der Waals surface area contributed by atoms with E-state index in [9.17, 15) is 4.79 Å². The van der Waals surface area contributed by atoms with Crippen LogP contribution in [0.15, 0.2) is 30.3 Å². The van der Waals surface area contributed by atoms with Crippen molar-refractivity contribution in [3.8, 4) is 0 Å². The first-order valence-electron chi connectivity index (χ1n) is 6.77. The Bertz CT molecular complexity index is 377. The van der Waals surface area contributed by atoms with E-state index in [0.29, 0.717) is 12.5 Å². The second-order valence-electron chi connectivity index (χ2n) is 4.99. The standard InChI is InChI=1S/C15H22N2O.ClH/c1-17(14-10-11-16-12-14)15(18)9-5-8-13-6-3-2-4-7-13;/h2-4,6-7,14,16H,5,8-12H2,1H3;1H. The van der Waals surface area contributed by atoms with Crippen molar-refractivity contribution >= 4 is 18.3 Å². The number of aryl methyl sites for hydroxylation is 1. The van der Waals surface area contributed by atoms with E-state index in [0.717, 1.165) is 32.4 Å². The molecule has 1 aliphatic rings. The van der Waals surface area contributed by atoms with Crippen LogP contribution in [-0.4, -0.2) is 37.0 Å². The minimum absolute atomic E-state index is 0. The molecule has 1 unspecified atom stereocenters. The predicted octanol–water partition coefficient (Wildman–Crippen LogP) is 2.25. The van der Waals surface area contributed by atoms with Gasteiger partial charge in [-0.3, -0.25) is 4.79 Å². The number of carbonyl (C=O) groups excluding carboxylic acids is 1. The zero-order chi connectivity index (χ0) is 12.8. The Morgan fingerprint density at radius 3 is 2.74 bits per heavy atom. The number of carbonyl (C=O) groups is 1. The lowest BCUT2D eigenvalue weighted by molar-refractivity contribution is -0.131. The molecular formula is C15H23ClN2O. The van der Waals surface area contributed by atoms with E-state index >= 15 is 0 Å². The van der Waals surface area contributed by atoms with Crippen molar-refractivity contribution in [2.75, 3.05) is 20.1 Å². The van der Waals surface area contributed by atoms with Gasteiger partial charge >= 0.3 is 0 Å². The number of amides is 1. The summed E-state index contributed by atoms with van der Waals surface area (Å²) in [5, 5.41) is 3.30. The van der Waals surface area contributed by atoms with Crippen LogP contribution < -0.4 is 5.32 Å². The van der Waals surface area contributed by atoms with Gasteiger partial charge in [-0.1, -0.05) is 30.3 Å². The van der Waals surface area contributed by atoms with E-state index in [1.807, 2.05) is 30.1 Å². The van der Waals surface area contributed by atoms with E-state index in [-0.39, 0.29) is 18.3 Å². The molecule has 1 heterocycles. The molecule has 1 amide bonds. The molecule has 19 heavy (non-hydrogen) atoms. The highest BCUT2D eigenvalue weighted by molar-refractivity contribution is 5.85. The molecule has 1 saturated heterocycles. The number of halogens is 1. The van der Waals surface area contributed by atoms with Crippen LogP contribution in [0.4, 0.5) is 0 Å². The van der Waals surface area contributed by atoms with Gasteiger partial charge in [0.1, 0.15) is 0 Å². The lowest BCUT2D eigenvalue weighted by atomic mass is 10.1. The van der Waals surface area contributed by atoms with Gasteiger partial charge in [0.05, 0.1) is 0 Å². The van der Waals surface area contributed by atoms with Crippen molar-refractivity contribution in [3.05, 3.63) is 35.9 Å². The summed E-state index contributed by atoms with van der Waals surface area (Å²) in [6, 6.07) is 10.8. The molecule has 1 fully saturated rings. The Morgan fingerprint density at radius 1 is 1.37 bits per heavy atom. The van der Waals surface area contributed by atoms with E-state index in [2.05, 4.69) is 17.4 Å². The molecular weight excluding hydrogens is 260 g/mol. The van der Waals surface area contributed by atoms with Crippen molar-refractivity contribution in [2.45, 2.75) is 31.7 Å². The molecule has 0 bridgehead atoms. The minimum Gasteiger partial charge on any atom is -0.341 e. The largest absolute Gasteiger partial charge is 0.341 e. The summed E-state index contributed by atoms with van der Waals surface area (Å²) in [6.07, 6.45) is 3.67. The van der Waals surface area contributed by atoms with Gasteiger partial charge < -0.3 is 10.2 Å². The number of benzene rings is 1. The highest BCUT2D eigenvalue weighted by Gasteiger charge is 2.22. The van der Waals surface area contributed by atoms with E-state index in [1.54, 1.807) is 0 Å². The second-order valence-corrected chi connectivity index (χ2v) is 4.99. The third-order valence-corrected chi connectivity index (χ3v) is 3.67. The fraction of sp³-hybridized carbons (Fsp3) is 0.533. The van der Waals surface area contributed by atoms with Gasteiger partial charge in [0.15, 0.2) is 0 Å². The summed E-state index contributed by atoms with van der Waals surface area (Å²) in [5.41, 5.74) is 1.32. The predicted molar refractivity (Wildman–Crippen MR) is 80.7 cm³/mol. The van der Waals surface area contributed by atoms with Crippen LogP contribution in [0, 0.1) is 0 Å². The van der Waals surface area contributed by atoms with Crippen molar-refractivity contribution < 1.29 is 4.79 Å². The van der Waals surface area contributed by atoms with E-state index < -0.39 is 0 Å².